The summed E-state index contributed by atoms with van der Waals surface area (Å²) in [6.45, 7) is 1.93. The van der Waals surface area contributed by atoms with Gasteiger partial charge < -0.3 is 9.47 Å². The summed E-state index contributed by atoms with van der Waals surface area (Å²) in [5.41, 5.74) is 1.95. The molecule has 21 heavy (non-hydrogen) atoms. The molecule has 0 amide bonds. The van der Waals surface area contributed by atoms with Gasteiger partial charge in [0.25, 0.3) is 0 Å². The van der Waals surface area contributed by atoms with Crippen molar-refractivity contribution in [3.8, 4) is 11.5 Å². The van der Waals surface area contributed by atoms with Crippen molar-refractivity contribution in [2.75, 3.05) is 14.2 Å². The van der Waals surface area contributed by atoms with E-state index >= 15 is 0 Å². The van der Waals surface area contributed by atoms with E-state index in [1.165, 1.54) is 26.4 Å². The average Bonchev–Trinajstić information content (AvgIpc) is 2.46. The zero-order chi connectivity index (χ0) is 15.6. The number of benzene rings is 2. The van der Waals surface area contributed by atoms with E-state index in [4.69, 9.17) is 32.7 Å². The van der Waals surface area contributed by atoms with Crippen molar-refractivity contribution in [3.05, 3.63) is 57.9 Å². The normalized spacial score (nSPS) is 12.1. The first-order chi connectivity index (χ1) is 9.97. The summed E-state index contributed by atoms with van der Waals surface area (Å²) in [7, 11) is 2.94. The van der Waals surface area contributed by atoms with Crippen LogP contribution >= 0.6 is 23.2 Å². The van der Waals surface area contributed by atoms with Gasteiger partial charge in [0.05, 0.1) is 19.6 Å². The molecule has 5 heteroatoms. The Morgan fingerprint density at radius 1 is 1.00 bits per heavy atom. The summed E-state index contributed by atoms with van der Waals surface area (Å²) in [6, 6.07) is 8.26. The number of hydrogen-bond acceptors (Lipinski definition) is 2. The second-order valence-electron chi connectivity index (χ2n) is 4.62. The van der Waals surface area contributed by atoms with E-state index in [1.54, 1.807) is 12.1 Å². The minimum absolute atomic E-state index is 0.292. The van der Waals surface area contributed by atoms with E-state index < -0.39 is 11.2 Å². The van der Waals surface area contributed by atoms with Gasteiger partial charge in [-0.1, -0.05) is 23.7 Å². The van der Waals surface area contributed by atoms with Crippen LogP contribution in [0.2, 0.25) is 5.02 Å². The van der Waals surface area contributed by atoms with E-state index in [-0.39, 0.29) is 0 Å². The molecule has 0 aliphatic carbocycles. The molecule has 112 valence electrons. The first-order valence-electron chi connectivity index (χ1n) is 6.29. The lowest BCUT2D eigenvalue weighted by atomic mass is 10.0. The van der Waals surface area contributed by atoms with Gasteiger partial charge in [-0.25, -0.2) is 4.39 Å². The van der Waals surface area contributed by atoms with Gasteiger partial charge in [0, 0.05) is 16.7 Å². The summed E-state index contributed by atoms with van der Waals surface area (Å²) < 4.78 is 24.5. The van der Waals surface area contributed by atoms with Crippen molar-refractivity contribution < 1.29 is 13.9 Å². The first kappa shape index (κ1) is 15.9. The number of halogens is 3. The number of ether oxygens (including phenoxy) is 2. The molecule has 0 fully saturated rings. The Morgan fingerprint density at radius 2 is 1.62 bits per heavy atom. The molecule has 0 spiro atoms. The maximum absolute atomic E-state index is 14.2. The third-order valence-electron chi connectivity index (χ3n) is 3.20. The number of methoxy groups -OCH3 is 2. The molecule has 1 unspecified atom stereocenters. The molecule has 2 nitrogen and oxygen atoms in total. The monoisotopic (exact) mass is 328 g/mol. The highest BCUT2D eigenvalue weighted by Gasteiger charge is 2.21. The quantitative estimate of drug-likeness (QED) is 0.724. The maximum atomic E-state index is 14.2. The lowest BCUT2D eigenvalue weighted by Crippen LogP contribution is -2.01. The van der Waals surface area contributed by atoms with E-state index in [0.717, 1.165) is 5.56 Å². The van der Waals surface area contributed by atoms with Crippen LogP contribution in [-0.2, 0) is 0 Å². The SMILES string of the molecule is COc1cc(F)c(C(Cl)c2ccc(C)cc2Cl)cc1OC. The third kappa shape index (κ3) is 3.25. The number of hydrogen-bond donors (Lipinski definition) is 0. The molecular weight excluding hydrogens is 314 g/mol. The van der Waals surface area contributed by atoms with E-state index in [2.05, 4.69) is 0 Å². The van der Waals surface area contributed by atoms with Crippen molar-refractivity contribution >= 4 is 23.2 Å². The molecule has 1 atom stereocenters. The molecule has 0 saturated heterocycles. The van der Waals surface area contributed by atoms with Gasteiger partial charge in [0.2, 0.25) is 0 Å². The molecule has 2 rings (SSSR count). The van der Waals surface area contributed by atoms with Gasteiger partial charge in [-0.15, -0.1) is 11.6 Å². The molecule has 0 aliphatic heterocycles. The van der Waals surface area contributed by atoms with Crippen LogP contribution in [0.4, 0.5) is 4.39 Å². The topological polar surface area (TPSA) is 18.5 Å². The minimum Gasteiger partial charge on any atom is -0.493 e. The van der Waals surface area contributed by atoms with Crippen LogP contribution in [0, 0.1) is 12.7 Å². The van der Waals surface area contributed by atoms with Crippen molar-refractivity contribution in [3.63, 3.8) is 0 Å². The predicted octanol–water partition coefficient (Wildman–Crippen LogP) is 5.13. The molecule has 0 aromatic heterocycles. The first-order valence-corrected chi connectivity index (χ1v) is 7.11. The Labute approximate surface area is 133 Å². The fourth-order valence-corrected chi connectivity index (χ4v) is 2.83. The van der Waals surface area contributed by atoms with Crippen molar-refractivity contribution in [2.45, 2.75) is 12.3 Å². The highest BCUT2D eigenvalue weighted by molar-refractivity contribution is 6.33. The van der Waals surface area contributed by atoms with Gasteiger partial charge in [-0.2, -0.15) is 0 Å². The predicted molar refractivity (Wildman–Crippen MR) is 83.4 cm³/mol. The van der Waals surface area contributed by atoms with Crippen LogP contribution in [0.3, 0.4) is 0 Å². The zero-order valence-electron chi connectivity index (χ0n) is 11.9. The Hall–Kier alpha value is -1.45. The summed E-state index contributed by atoms with van der Waals surface area (Å²) in [6.07, 6.45) is 0. The second kappa shape index (κ2) is 6.54. The Bertz CT molecular complexity index is 659. The van der Waals surface area contributed by atoms with Crippen molar-refractivity contribution in [1.82, 2.24) is 0 Å². The smallest absolute Gasteiger partial charge is 0.163 e. The molecule has 0 aliphatic rings. The summed E-state index contributed by atoms with van der Waals surface area (Å²) in [4.78, 5) is 0. The van der Waals surface area contributed by atoms with Gasteiger partial charge in [-0.05, 0) is 30.2 Å². The van der Waals surface area contributed by atoms with Crippen LogP contribution in [0.15, 0.2) is 30.3 Å². The summed E-state index contributed by atoms with van der Waals surface area (Å²) >= 11 is 12.6. The molecule has 2 aromatic rings. The molecule has 0 heterocycles. The van der Waals surface area contributed by atoms with Crippen molar-refractivity contribution in [2.24, 2.45) is 0 Å². The van der Waals surface area contributed by atoms with Crippen molar-refractivity contribution in [1.29, 1.82) is 0 Å². The number of rotatable bonds is 4. The summed E-state index contributed by atoms with van der Waals surface area (Å²) in [5, 5.41) is -0.206. The highest BCUT2D eigenvalue weighted by atomic mass is 35.5. The fourth-order valence-electron chi connectivity index (χ4n) is 2.07. The van der Waals surface area contributed by atoms with Gasteiger partial charge >= 0.3 is 0 Å². The Morgan fingerprint density at radius 3 is 2.19 bits per heavy atom. The third-order valence-corrected chi connectivity index (χ3v) is 4.00. The van der Waals surface area contributed by atoms with Gasteiger partial charge in [-0.3, -0.25) is 0 Å². The Kier molecular flexibility index (Phi) is 4.96. The van der Waals surface area contributed by atoms with Crippen LogP contribution in [0.5, 0.6) is 11.5 Å². The van der Waals surface area contributed by atoms with Gasteiger partial charge in [0.15, 0.2) is 11.5 Å². The van der Waals surface area contributed by atoms with E-state index in [1.807, 2.05) is 13.0 Å². The highest BCUT2D eigenvalue weighted by Crippen LogP contribution is 2.39. The number of alkyl halides is 1. The van der Waals surface area contributed by atoms with Crippen LogP contribution in [0.1, 0.15) is 22.1 Å². The van der Waals surface area contributed by atoms with Crippen LogP contribution < -0.4 is 9.47 Å². The molecule has 0 saturated carbocycles. The average molecular weight is 329 g/mol. The molecule has 2 aromatic carbocycles. The van der Waals surface area contributed by atoms with Gasteiger partial charge in [0.1, 0.15) is 5.82 Å². The molecule has 0 N–H and O–H groups in total. The minimum atomic E-state index is -0.710. The second-order valence-corrected chi connectivity index (χ2v) is 5.46. The fraction of sp³-hybridized carbons (Fsp3) is 0.250. The summed E-state index contributed by atoms with van der Waals surface area (Å²) in [5.74, 6) is 0.268. The lowest BCUT2D eigenvalue weighted by molar-refractivity contribution is 0.351. The standard InChI is InChI=1S/C16H15Cl2FO2/c1-9-4-5-10(12(17)6-9)16(18)11-7-14(20-2)15(21-3)8-13(11)19/h4-8,16H,1-3H3. The maximum Gasteiger partial charge on any atom is 0.163 e. The molecule has 0 bridgehead atoms. The molecule has 0 radical (unpaired) electrons. The van der Waals surface area contributed by atoms with Crippen LogP contribution in [0.25, 0.3) is 0 Å². The largest absolute Gasteiger partial charge is 0.493 e. The Balaban J connectivity index is 2.50. The van der Waals surface area contributed by atoms with E-state index in [9.17, 15) is 4.39 Å². The lowest BCUT2D eigenvalue weighted by Gasteiger charge is -2.16. The zero-order valence-corrected chi connectivity index (χ0v) is 13.4. The van der Waals surface area contributed by atoms with Crippen LogP contribution in [-0.4, -0.2) is 14.2 Å². The molecular formula is C16H15Cl2FO2. The number of aryl methyl sites for hydroxylation is 1. The van der Waals surface area contributed by atoms with E-state index in [0.29, 0.717) is 27.6 Å².